The van der Waals surface area contributed by atoms with Gasteiger partial charge in [-0.1, -0.05) is 19.1 Å². The van der Waals surface area contributed by atoms with Crippen molar-refractivity contribution in [1.29, 1.82) is 0 Å². The van der Waals surface area contributed by atoms with Crippen LogP contribution in [0.5, 0.6) is 5.75 Å². The Hall–Kier alpha value is -3.46. The number of nitrogens with zero attached hydrogens (tertiary/aromatic N) is 4. The van der Waals surface area contributed by atoms with Crippen LogP contribution in [0, 0.1) is 10.1 Å². The summed E-state index contributed by atoms with van der Waals surface area (Å²) in [5.41, 5.74) is 1.47. The lowest BCUT2D eigenvalue weighted by molar-refractivity contribution is -0.384. The fourth-order valence-electron chi connectivity index (χ4n) is 3.92. The van der Waals surface area contributed by atoms with Crippen molar-refractivity contribution in [2.45, 2.75) is 38.8 Å². The van der Waals surface area contributed by atoms with Gasteiger partial charge < -0.3 is 19.3 Å². The summed E-state index contributed by atoms with van der Waals surface area (Å²) in [4.78, 5) is 30.4. The van der Waals surface area contributed by atoms with Crippen molar-refractivity contribution >= 4 is 22.5 Å². The number of aryl methyl sites for hydroxylation is 1. The standard InChI is InChI=1S/C23H26N4O5/c1-2-16-5-8-19(9-6-16)32-15-18(28)14-26-21-13-17(27(30)31)7-10-20(21)24-22(23(26)29)25-11-3-4-12-25/h5-10,13,18,28H,2-4,11-12,14-15H2,1H3/t18-/m1/s1. The van der Waals surface area contributed by atoms with E-state index in [1.54, 1.807) is 6.07 Å². The molecule has 1 aliphatic rings. The van der Waals surface area contributed by atoms with E-state index in [-0.39, 0.29) is 24.4 Å². The first kappa shape index (κ1) is 21.8. The van der Waals surface area contributed by atoms with E-state index in [0.29, 0.717) is 22.6 Å². The van der Waals surface area contributed by atoms with Crippen molar-refractivity contribution in [2.24, 2.45) is 0 Å². The average Bonchev–Trinajstić information content (AvgIpc) is 3.34. The van der Waals surface area contributed by atoms with Crippen molar-refractivity contribution < 1.29 is 14.8 Å². The molecule has 9 nitrogen and oxygen atoms in total. The molecule has 1 N–H and O–H groups in total. The largest absolute Gasteiger partial charge is 0.491 e. The van der Waals surface area contributed by atoms with Gasteiger partial charge in [0, 0.05) is 25.2 Å². The molecule has 1 saturated heterocycles. The van der Waals surface area contributed by atoms with E-state index in [9.17, 15) is 20.0 Å². The zero-order valence-corrected chi connectivity index (χ0v) is 17.9. The highest BCUT2D eigenvalue weighted by Crippen LogP contribution is 2.23. The van der Waals surface area contributed by atoms with Gasteiger partial charge in [0.05, 0.1) is 22.5 Å². The third-order valence-electron chi connectivity index (χ3n) is 5.70. The van der Waals surface area contributed by atoms with Gasteiger partial charge in [0.15, 0.2) is 5.82 Å². The van der Waals surface area contributed by atoms with Gasteiger partial charge in [-0.15, -0.1) is 0 Å². The van der Waals surface area contributed by atoms with Crippen LogP contribution < -0.4 is 15.2 Å². The second-order valence-electron chi connectivity index (χ2n) is 7.94. The Bertz CT molecular complexity index is 1170. The molecule has 0 spiro atoms. The molecule has 3 aromatic rings. The second kappa shape index (κ2) is 9.35. The van der Waals surface area contributed by atoms with Crippen LogP contribution in [0.2, 0.25) is 0 Å². The Kier molecular flexibility index (Phi) is 6.36. The van der Waals surface area contributed by atoms with Crippen molar-refractivity contribution in [1.82, 2.24) is 9.55 Å². The number of ether oxygens (including phenoxy) is 1. The SMILES string of the molecule is CCc1ccc(OC[C@H](O)Cn2c(=O)c(N3CCCC3)nc3ccc([N+](=O)[O-])cc32)cc1. The summed E-state index contributed by atoms with van der Waals surface area (Å²) in [6, 6.07) is 11.9. The molecule has 2 heterocycles. The third-order valence-corrected chi connectivity index (χ3v) is 5.70. The summed E-state index contributed by atoms with van der Waals surface area (Å²) in [6.07, 6.45) is 1.89. The number of aliphatic hydroxyl groups is 1. The molecule has 2 aromatic carbocycles. The van der Waals surface area contributed by atoms with Gasteiger partial charge in [0.2, 0.25) is 0 Å². The Labute approximate surface area is 185 Å². The van der Waals surface area contributed by atoms with Gasteiger partial charge in [-0.25, -0.2) is 4.98 Å². The Balaban J connectivity index is 1.63. The fraction of sp³-hybridized carbons (Fsp3) is 0.391. The summed E-state index contributed by atoms with van der Waals surface area (Å²) in [6.45, 7) is 3.46. The van der Waals surface area contributed by atoms with Crippen LogP contribution in [-0.2, 0) is 13.0 Å². The first-order valence-electron chi connectivity index (χ1n) is 10.8. The van der Waals surface area contributed by atoms with E-state index >= 15 is 0 Å². The van der Waals surface area contributed by atoms with Crippen LogP contribution >= 0.6 is 0 Å². The molecule has 1 atom stereocenters. The highest BCUT2D eigenvalue weighted by Gasteiger charge is 2.22. The van der Waals surface area contributed by atoms with Gasteiger partial charge in [-0.3, -0.25) is 14.9 Å². The maximum atomic E-state index is 13.3. The highest BCUT2D eigenvalue weighted by atomic mass is 16.6. The molecule has 1 aliphatic heterocycles. The molecule has 4 rings (SSSR count). The number of fused-ring (bicyclic) bond motifs is 1. The molecule has 0 saturated carbocycles. The predicted octanol–water partition coefficient (Wildman–Crippen LogP) is 2.91. The molecule has 1 aromatic heterocycles. The normalized spacial score (nSPS) is 14.6. The number of benzene rings is 2. The number of rotatable bonds is 8. The molecular weight excluding hydrogens is 412 g/mol. The molecule has 0 aliphatic carbocycles. The molecule has 0 bridgehead atoms. The van der Waals surface area contributed by atoms with Crippen molar-refractivity contribution in [3.05, 3.63) is 68.5 Å². The van der Waals surface area contributed by atoms with Crippen molar-refractivity contribution in [3.63, 3.8) is 0 Å². The Morgan fingerprint density at radius 2 is 1.91 bits per heavy atom. The summed E-state index contributed by atoms with van der Waals surface area (Å²) in [5.74, 6) is 0.939. The molecule has 0 unspecified atom stereocenters. The highest BCUT2D eigenvalue weighted by molar-refractivity contribution is 5.79. The number of nitro benzene ring substituents is 1. The lowest BCUT2D eigenvalue weighted by Gasteiger charge is -2.20. The molecule has 0 radical (unpaired) electrons. The first-order valence-corrected chi connectivity index (χ1v) is 10.8. The number of non-ortho nitro benzene ring substituents is 1. The lowest BCUT2D eigenvalue weighted by atomic mass is 10.2. The average molecular weight is 438 g/mol. The summed E-state index contributed by atoms with van der Waals surface area (Å²) in [7, 11) is 0. The van der Waals surface area contributed by atoms with Crippen molar-refractivity contribution in [3.8, 4) is 5.75 Å². The maximum Gasteiger partial charge on any atom is 0.294 e. The van der Waals surface area contributed by atoms with Crippen molar-refractivity contribution in [2.75, 3.05) is 24.6 Å². The van der Waals surface area contributed by atoms with Crippen LogP contribution in [-0.4, -0.2) is 45.4 Å². The number of hydrogen-bond donors (Lipinski definition) is 1. The topological polar surface area (TPSA) is 111 Å². The zero-order valence-electron chi connectivity index (χ0n) is 17.9. The number of nitro groups is 1. The lowest BCUT2D eigenvalue weighted by Crippen LogP contribution is -2.35. The third kappa shape index (κ3) is 4.57. The second-order valence-corrected chi connectivity index (χ2v) is 7.94. The number of aliphatic hydroxyl groups excluding tert-OH is 1. The van der Waals surface area contributed by atoms with Crippen LogP contribution in [0.1, 0.15) is 25.3 Å². The minimum absolute atomic E-state index is 0.0182. The van der Waals surface area contributed by atoms with Crippen LogP contribution in [0.15, 0.2) is 47.3 Å². The number of anilines is 1. The number of hydrogen-bond acceptors (Lipinski definition) is 7. The number of aromatic nitrogens is 2. The smallest absolute Gasteiger partial charge is 0.294 e. The zero-order chi connectivity index (χ0) is 22.7. The Morgan fingerprint density at radius 1 is 1.19 bits per heavy atom. The van der Waals surface area contributed by atoms with Gasteiger partial charge in [-0.2, -0.15) is 0 Å². The van der Waals surface area contributed by atoms with Crippen LogP contribution in [0.25, 0.3) is 11.0 Å². The van der Waals surface area contributed by atoms with Gasteiger partial charge in [0.25, 0.3) is 11.2 Å². The Morgan fingerprint density at radius 3 is 2.56 bits per heavy atom. The van der Waals surface area contributed by atoms with E-state index in [4.69, 9.17) is 4.74 Å². The molecule has 9 heteroatoms. The predicted molar refractivity (Wildman–Crippen MR) is 121 cm³/mol. The molecule has 1 fully saturated rings. The maximum absolute atomic E-state index is 13.3. The van der Waals surface area contributed by atoms with Crippen LogP contribution in [0.3, 0.4) is 0 Å². The van der Waals surface area contributed by atoms with E-state index in [0.717, 1.165) is 32.4 Å². The van der Waals surface area contributed by atoms with Crippen LogP contribution in [0.4, 0.5) is 11.5 Å². The molecular formula is C23H26N4O5. The fourth-order valence-corrected chi connectivity index (χ4v) is 3.92. The quantitative estimate of drug-likeness (QED) is 0.425. The van der Waals surface area contributed by atoms with E-state index in [1.165, 1.54) is 22.3 Å². The molecule has 32 heavy (non-hydrogen) atoms. The minimum atomic E-state index is -0.991. The molecule has 168 valence electrons. The van der Waals surface area contributed by atoms with E-state index < -0.39 is 11.0 Å². The van der Waals surface area contributed by atoms with Gasteiger partial charge in [0.1, 0.15) is 18.5 Å². The van der Waals surface area contributed by atoms with Gasteiger partial charge in [-0.05, 0) is 43.0 Å². The van der Waals surface area contributed by atoms with E-state index in [2.05, 4.69) is 11.9 Å². The first-order chi connectivity index (χ1) is 15.5. The monoisotopic (exact) mass is 438 g/mol. The van der Waals surface area contributed by atoms with E-state index in [1.807, 2.05) is 29.2 Å². The summed E-state index contributed by atoms with van der Waals surface area (Å²) < 4.78 is 7.06. The minimum Gasteiger partial charge on any atom is -0.491 e. The molecule has 0 amide bonds. The summed E-state index contributed by atoms with van der Waals surface area (Å²) in [5, 5.41) is 21.9. The van der Waals surface area contributed by atoms with Gasteiger partial charge >= 0.3 is 0 Å². The summed E-state index contributed by atoms with van der Waals surface area (Å²) >= 11 is 0.